The summed E-state index contributed by atoms with van der Waals surface area (Å²) in [6, 6.07) is 14.0. The number of methoxy groups -OCH3 is 1. The molecule has 0 fully saturated rings. The van der Waals surface area contributed by atoms with Gasteiger partial charge in [0.05, 0.1) is 18.2 Å². The molecule has 3 aromatic rings. The quantitative estimate of drug-likeness (QED) is 0.349. The van der Waals surface area contributed by atoms with E-state index < -0.39 is 4.92 Å². The summed E-state index contributed by atoms with van der Waals surface area (Å²) in [4.78, 5) is 14.3. The molecule has 0 bridgehead atoms. The van der Waals surface area contributed by atoms with E-state index >= 15 is 0 Å². The Morgan fingerprint density at radius 1 is 1.21 bits per heavy atom. The largest absolute Gasteiger partial charge is 0.493 e. The highest BCUT2D eigenvalue weighted by Crippen LogP contribution is 2.28. The summed E-state index contributed by atoms with van der Waals surface area (Å²) in [5.74, 6) is 0.738. The molecule has 0 saturated carbocycles. The minimum Gasteiger partial charge on any atom is -0.493 e. The van der Waals surface area contributed by atoms with Crippen molar-refractivity contribution in [2.24, 2.45) is 5.10 Å². The number of hydrogen-bond donors (Lipinski definition) is 1. The molecule has 1 heterocycles. The molecule has 9 heteroatoms. The fourth-order valence-electron chi connectivity index (χ4n) is 2.42. The zero-order chi connectivity index (χ0) is 20.6. The van der Waals surface area contributed by atoms with E-state index in [1.807, 2.05) is 0 Å². The molecule has 148 valence electrons. The smallest absolute Gasteiger partial charge is 0.313 e. The van der Waals surface area contributed by atoms with Crippen LogP contribution in [0.4, 0.5) is 15.9 Å². The zero-order valence-corrected chi connectivity index (χ0v) is 15.4. The second-order valence-corrected chi connectivity index (χ2v) is 5.82. The third-order valence-corrected chi connectivity index (χ3v) is 3.86. The number of rotatable bonds is 8. The maximum Gasteiger partial charge on any atom is 0.313 e. The summed E-state index contributed by atoms with van der Waals surface area (Å²) in [6.07, 6.45) is 2.91. The zero-order valence-electron chi connectivity index (χ0n) is 15.4. The molecule has 0 atom stereocenters. The van der Waals surface area contributed by atoms with Crippen molar-refractivity contribution >= 4 is 17.7 Å². The first-order valence-corrected chi connectivity index (χ1v) is 8.50. The molecule has 0 aliphatic carbocycles. The minimum absolute atomic E-state index is 0.0416. The molecule has 2 aromatic carbocycles. The van der Waals surface area contributed by atoms with Gasteiger partial charge < -0.3 is 9.47 Å². The molecule has 1 N–H and O–H groups in total. The van der Waals surface area contributed by atoms with Gasteiger partial charge in [-0.15, -0.1) is 0 Å². The number of anilines is 1. The number of nitrogens with one attached hydrogen (secondary N) is 1. The van der Waals surface area contributed by atoms with Crippen LogP contribution in [0.15, 0.2) is 65.9 Å². The molecule has 0 aliphatic rings. The van der Waals surface area contributed by atoms with Crippen molar-refractivity contribution in [3.8, 4) is 11.5 Å². The Hall–Kier alpha value is -4.01. The molecule has 0 radical (unpaired) electrons. The summed E-state index contributed by atoms with van der Waals surface area (Å²) in [5.41, 5.74) is 3.89. The lowest BCUT2D eigenvalue weighted by Gasteiger charge is -2.11. The average molecular weight is 396 g/mol. The fraction of sp³-hybridized carbons (Fsp3) is 0.100. The first kappa shape index (κ1) is 19.7. The van der Waals surface area contributed by atoms with Crippen molar-refractivity contribution < 1.29 is 18.8 Å². The number of nitrogens with zero attached hydrogens (tertiary/aromatic N) is 3. The molecule has 0 aliphatic heterocycles. The van der Waals surface area contributed by atoms with E-state index in [9.17, 15) is 14.5 Å². The van der Waals surface area contributed by atoms with Crippen LogP contribution in [-0.4, -0.2) is 23.2 Å². The predicted octanol–water partition coefficient (Wildman–Crippen LogP) is 4.16. The molecular formula is C20H17FN4O4. The third kappa shape index (κ3) is 5.25. The van der Waals surface area contributed by atoms with E-state index in [1.165, 1.54) is 43.8 Å². The number of ether oxygens (including phenoxy) is 2. The van der Waals surface area contributed by atoms with Crippen LogP contribution < -0.4 is 14.9 Å². The standard InChI is InChI=1S/C20H17FN4O4/c1-28-19-11-15(12-23-24-20-17(25(26)27)3-2-10-22-20)6-9-18(19)29-13-14-4-7-16(21)8-5-14/h2-12H,13H2,1H3,(H,22,24)/b23-12-. The van der Waals surface area contributed by atoms with Crippen LogP contribution >= 0.6 is 0 Å². The maximum atomic E-state index is 13.0. The van der Waals surface area contributed by atoms with Crippen LogP contribution in [-0.2, 0) is 6.61 Å². The number of aromatic nitrogens is 1. The van der Waals surface area contributed by atoms with Crippen LogP contribution in [0.1, 0.15) is 11.1 Å². The van der Waals surface area contributed by atoms with Gasteiger partial charge in [0.2, 0.25) is 5.82 Å². The van der Waals surface area contributed by atoms with Crippen molar-refractivity contribution in [1.82, 2.24) is 4.98 Å². The van der Waals surface area contributed by atoms with Crippen molar-refractivity contribution in [1.29, 1.82) is 0 Å². The number of hydrogen-bond acceptors (Lipinski definition) is 7. The lowest BCUT2D eigenvalue weighted by molar-refractivity contribution is -0.384. The van der Waals surface area contributed by atoms with E-state index in [1.54, 1.807) is 30.3 Å². The topological polar surface area (TPSA) is 98.9 Å². The van der Waals surface area contributed by atoms with Gasteiger partial charge in [-0.3, -0.25) is 15.5 Å². The van der Waals surface area contributed by atoms with E-state index in [-0.39, 0.29) is 23.9 Å². The predicted molar refractivity (Wildman–Crippen MR) is 106 cm³/mol. The van der Waals surface area contributed by atoms with Gasteiger partial charge in [-0.2, -0.15) is 5.10 Å². The third-order valence-electron chi connectivity index (χ3n) is 3.86. The number of pyridine rings is 1. The van der Waals surface area contributed by atoms with Crippen molar-refractivity contribution in [2.75, 3.05) is 12.5 Å². The molecule has 0 saturated heterocycles. The molecule has 0 unspecified atom stereocenters. The number of halogens is 1. The summed E-state index contributed by atoms with van der Waals surface area (Å²) in [6.45, 7) is 0.259. The minimum atomic E-state index is -0.541. The second-order valence-electron chi connectivity index (χ2n) is 5.82. The van der Waals surface area contributed by atoms with Crippen molar-refractivity contribution in [3.63, 3.8) is 0 Å². The first-order valence-electron chi connectivity index (χ1n) is 8.50. The lowest BCUT2D eigenvalue weighted by Crippen LogP contribution is -2.00. The molecule has 8 nitrogen and oxygen atoms in total. The van der Waals surface area contributed by atoms with Gasteiger partial charge >= 0.3 is 5.69 Å². The van der Waals surface area contributed by atoms with Crippen LogP contribution in [0.2, 0.25) is 0 Å². The van der Waals surface area contributed by atoms with Crippen molar-refractivity contribution in [2.45, 2.75) is 6.61 Å². The number of benzene rings is 2. The maximum absolute atomic E-state index is 13.0. The van der Waals surface area contributed by atoms with Crippen LogP contribution in [0.25, 0.3) is 0 Å². The number of hydrazone groups is 1. The van der Waals surface area contributed by atoms with E-state index in [2.05, 4.69) is 15.5 Å². The molecule has 3 rings (SSSR count). The summed E-state index contributed by atoms with van der Waals surface area (Å²) in [7, 11) is 1.51. The monoisotopic (exact) mass is 396 g/mol. The molecule has 29 heavy (non-hydrogen) atoms. The summed E-state index contributed by atoms with van der Waals surface area (Å²) >= 11 is 0. The second kappa shape index (κ2) is 9.27. The van der Waals surface area contributed by atoms with E-state index in [0.29, 0.717) is 17.1 Å². The SMILES string of the molecule is COc1cc(/C=N\Nc2ncccc2[N+](=O)[O-])ccc1OCc1ccc(F)cc1. The Kier molecular flexibility index (Phi) is 6.31. The Morgan fingerprint density at radius 3 is 2.72 bits per heavy atom. The Balaban J connectivity index is 1.67. The van der Waals surface area contributed by atoms with E-state index in [4.69, 9.17) is 9.47 Å². The Morgan fingerprint density at radius 2 is 2.00 bits per heavy atom. The number of nitro groups is 1. The van der Waals surface area contributed by atoms with Crippen LogP contribution in [0.5, 0.6) is 11.5 Å². The van der Waals surface area contributed by atoms with Crippen LogP contribution in [0, 0.1) is 15.9 Å². The van der Waals surface area contributed by atoms with Gasteiger partial charge in [-0.1, -0.05) is 12.1 Å². The highest BCUT2D eigenvalue weighted by atomic mass is 19.1. The highest BCUT2D eigenvalue weighted by Gasteiger charge is 2.13. The normalized spacial score (nSPS) is 10.7. The van der Waals surface area contributed by atoms with Gasteiger partial charge in [-0.05, 0) is 47.5 Å². The molecule has 0 amide bonds. The molecule has 1 aromatic heterocycles. The van der Waals surface area contributed by atoms with Crippen LogP contribution in [0.3, 0.4) is 0 Å². The van der Waals surface area contributed by atoms with Gasteiger partial charge in [0.15, 0.2) is 11.5 Å². The fourth-order valence-corrected chi connectivity index (χ4v) is 2.42. The van der Waals surface area contributed by atoms with Gasteiger partial charge in [0, 0.05) is 12.3 Å². The first-order chi connectivity index (χ1) is 14.1. The molecule has 0 spiro atoms. The lowest BCUT2D eigenvalue weighted by atomic mass is 10.2. The summed E-state index contributed by atoms with van der Waals surface area (Å²) < 4.78 is 24.0. The Labute approximate surface area is 165 Å². The Bertz CT molecular complexity index is 1030. The summed E-state index contributed by atoms with van der Waals surface area (Å²) in [5, 5.41) is 15.0. The molecular weight excluding hydrogens is 379 g/mol. The van der Waals surface area contributed by atoms with Gasteiger partial charge in [-0.25, -0.2) is 9.37 Å². The average Bonchev–Trinajstić information content (AvgIpc) is 2.74. The highest BCUT2D eigenvalue weighted by molar-refractivity contribution is 5.81. The van der Waals surface area contributed by atoms with Gasteiger partial charge in [0.25, 0.3) is 0 Å². The van der Waals surface area contributed by atoms with Gasteiger partial charge in [0.1, 0.15) is 12.4 Å². The van der Waals surface area contributed by atoms with E-state index in [0.717, 1.165) is 5.56 Å². The van der Waals surface area contributed by atoms with Crippen molar-refractivity contribution in [3.05, 3.63) is 87.9 Å².